The minimum absolute atomic E-state index is 0.0272. The molecule has 1 heterocycles. The second-order valence-electron chi connectivity index (χ2n) is 12.6. The number of carbonyl (C=O) groups is 3. The molecule has 286 valence electrons. The van der Waals surface area contributed by atoms with Crippen LogP contribution in [0.2, 0.25) is 0 Å². The molecule has 2 amide bonds. The Kier molecular flexibility index (Phi) is 18.5. The van der Waals surface area contributed by atoms with Gasteiger partial charge >= 0.3 is 11.9 Å². The number of hydrogen-bond acceptors (Lipinski definition) is 8. The molecule has 3 rings (SSSR count). The van der Waals surface area contributed by atoms with Crippen molar-refractivity contribution in [1.82, 2.24) is 15.1 Å². The second kappa shape index (κ2) is 21.9. The van der Waals surface area contributed by atoms with Crippen molar-refractivity contribution in [1.29, 1.82) is 0 Å². The number of nitrogens with one attached hydrogen (secondary N) is 1. The highest BCUT2D eigenvalue weighted by atomic mass is 19.3. The third-order valence-electron chi connectivity index (χ3n) is 8.74. The van der Waals surface area contributed by atoms with Gasteiger partial charge in [-0.2, -0.15) is 8.78 Å². The van der Waals surface area contributed by atoms with Gasteiger partial charge in [-0.05, 0) is 73.2 Å². The zero-order valence-electron chi connectivity index (χ0n) is 31.3. The van der Waals surface area contributed by atoms with E-state index < -0.39 is 11.9 Å². The number of benzene rings is 2. The van der Waals surface area contributed by atoms with Crippen molar-refractivity contribution in [3.63, 3.8) is 0 Å². The maximum absolute atomic E-state index is 14.1. The zero-order valence-corrected chi connectivity index (χ0v) is 31.3. The summed E-state index contributed by atoms with van der Waals surface area (Å²) >= 11 is 0. The summed E-state index contributed by atoms with van der Waals surface area (Å²) < 4.78 is 44.8. The normalized spacial score (nSPS) is 13.7. The molecule has 2 aromatic carbocycles. The molecule has 0 bridgehead atoms. The van der Waals surface area contributed by atoms with Gasteiger partial charge in [0, 0.05) is 20.0 Å². The quantitative estimate of drug-likeness (QED) is 0.152. The summed E-state index contributed by atoms with van der Waals surface area (Å²) in [6.07, 6.45) is 8.95. The van der Waals surface area contributed by atoms with Crippen molar-refractivity contribution >= 4 is 17.8 Å². The lowest BCUT2D eigenvalue weighted by Crippen LogP contribution is -2.49. The van der Waals surface area contributed by atoms with Crippen LogP contribution in [0, 0.1) is 0 Å². The molecular formula is C38H57F2N3O8. The monoisotopic (exact) mass is 721 g/mol. The van der Waals surface area contributed by atoms with Gasteiger partial charge in [0.25, 0.3) is 0 Å². The van der Waals surface area contributed by atoms with E-state index in [1.807, 2.05) is 35.2 Å². The Labute approximate surface area is 301 Å². The van der Waals surface area contributed by atoms with Crippen molar-refractivity contribution in [2.75, 3.05) is 61.2 Å². The van der Waals surface area contributed by atoms with Gasteiger partial charge in [-0.15, -0.1) is 0 Å². The van der Waals surface area contributed by atoms with E-state index >= 15 is 0 Å². The molecule has 51 heavy (non-hydrogen) atoms. The maximum atomic E-state index is 14.1. The van der Waals surface area contributed by atoms with Gasteiger partial charge in [-0.25, -0.2) is 4.79 Å². The summed E-state index contributed by atoms with van der Waals surface area (Å²) in [5.41, 5.74) is 3.16. The van der Waals surface area contributed by atoms with E-state index in [1.165, 1.54) is 19.3 Å². The average Bonchev–Trinajstić information content (AvgIpc) is 3.11. The zero-order chi connectivity index (χ0) is 38.0. The molecule has 1 aliphatic heterocycles. The second-order valence-corrected chi connectivity index (χ2v) is 12.6. The van der Waals surface area contributed by atoms with Crippen molar-refractivity contribution in [3.05, 3.63) is 47.0 Å². The van der Waals surface area contributed by atoms with Gasteiger partial charge < -0.3 is 39.2 Å². The molecule has 1 aliphatic rings. The molecule has 0 spiro atoms. The lowest BCUT2D eigenvalue weighted by atomic mass is 9.88. The number of aliphatic carboxylic acids is 1. The van der Waals surface area contributed by atoms with Crippen LogP contribution in [0.15, 0.2) is 30.3 Å². The third kappa shape index (κ3) is 13.5. The SMILES string of the molecule is CC(F)(F)C(=O)O.CCCCCCCCN(CC(=O)N1CCc2cc(OC)c(OC)cc2C1Cc1ccc(OC)c(OC)c1)C(=O)CNCCC. The van der Waals surface area contributed by atoms with Crippen LogP contribution >= 0.6 is 0 Å². The van der Waals surface area contributed by atoms with Gasteiger partial charge in [-0.1, -0.05) is 52.0 Å². The molecule has 0 saturated heterocycles. The van der Waals surface area contributed by atoms with Gasteiger partial charge in [-0.3, -0.25) is 9.59 Å². The number of alkyl halides is 2. The number of carboxylic acid groups (broad SMARTS) is 1. The van der Waals surface area contributed by atoms with Crippen molar-refractivity contribution in [2.24, 2.45) is 0 Å². The first-order valence-corrected chi connectivity index (χ1v) is 17.7. The number of nitrogens with zero attached hydrogens (tertiary/aromatic N) is 2. The number of hydrogen-bond donors (Lipinski definition) is 2. The van der Waals surface area contributed by atoms with E-state index in [0.29, 0.717) is 55.9 Å². The number of halogens is 2. The van der Waals surface area contributed by atoms with Crippen LogP contribution < -0.4 is 24.3 Å². The fourth-order valence-corrected chi connectivity index (χ4v) is 5.89. The highest BCUT2D eigenvalue weighted by Gasteiger charge is 2.34. The number of methoxy groups -OCH3 is 4. The number of ether oxygens (including phenoxy) is 4. The number of amides is 2. The first kappa shape index (κ1) is 43.0. The van der Waals surface area contributed by atoms with Gasteiger partial charge in [0.2, 0.25) is 11.8 Å². The predicted octanol–water partition coefficient (Wildman–Crippen LogP) is 6.30. The molecule has 11 nitrogen and oxygen atoms in total. The van der Waals surface area contributed by atoms with E-state index in [2.05, 4.69) is 19.2 Å². The Morgan fingerprint density at radius 2 is 1.47 bits per heavy atom. The molecule has 2 N–H and O–H groups in total. The van der Waals surface area contributed by atoms with Crippen LogP contribution in [0.4, 0.5) is 8.78 Å². The number of carboxylic acids is 1. The van der Waals surface area contributed by atoms with Gasteiger partial charge in [0.05, 0.1) is 47.6 Å². The van der Waals surface area contributed by atoms with Crippen LogP contribution in [0.1, 0.15) is 88.4 Å². The molecule has 0 aliphatic carbocycles. The van der Waals surface area contributed by atoms with Crippen LogP contribution in [-0.2, 0) is 27.2 Å². The minimum atomic E-state index is -3.58. The highest BCUT2D eigenvalue weighted by molar-refractivity contribution is 5.86. The molecule has 1 atom stereocenters. The highest BCUT2D eigenvalue weighted by Crippen LogP contribution is 2.40. The molecule has 1 unspecified atom stereocenters. The Hall–Kier alpha value is -4.13. The summed E-state index contributed by atoms with van der Waals surface area (Å²) in [6.45, 7) is 6.82. The fourth-order valence-electron chi connectivity index (χ4n) is 5.89. The van der Waals surface area contributed by atoms with Gasteiger partial charge in [0.1, 0.15) is 0 Å². The number of unbranched alkanes of at least 4 members (excludes halogenated alkanes) is 5. The van der Waals surface area contributed by atoms with Crippen molar-refractivity contribution in [2.45, 2.75) is 90.5 Å². The summed E-state index contributed by atoms with van der Waals surface area (Å²) in [4.78, 5) is 40.4. The predicted molar refractivity (Wildman–Crippen MR) is 192 cm³/mol. The molecule has 0 aromatic heterocycles. The number of carbonyl (C=O) groups excluding carboxylic acids is 2. The molecule has 0 fully saturated rings. The molecular weight excluding hydrogens is 664 g/mol. The van der Waals surface area contributed by atoms with Gasteiger partial charge in [0.15, 0.2) is 23.0 Å². The van der Waals surface area contributed by atoms with Crippen LogP contribution in [0.25, 0.3) is 0 Å². The topological polar surface area (TPSA) is 127 Å². The van der Waals surface area contributed by atoms with E-state index in [9.17, 15) is 23.2 Å². The first-order valence-electron chi connectivity index (χ1n) is 17.7. The Morgan fingerprint density at radius 1 is 0.882 bits per heavy atom. The van der Waals surface area contributed by atoms with Crippen molar-refractivity contribution in [3.8, 4) is 23.0 Å². The number of rotatable bonds is 20. The largest absolute Gasteiger partial charge is 0.493 e. The summed E-state index contributed by atoms with van der Waals surface area (Å²) in [6, 6.07) is 9.62. The smallest absolute Gasteiger partial charge is 0.374 e. The summed E-state index contributed by atoms with van der Waals surface area (Å²) in [5, 5.41) is 10.7. The Balaban J connectivity index is 0.00000116. The molecule has 0 saturated carbocycles. The maximum Gasteiger partial charge on any atom is 0.374 e. The molecule has 2 aromatic rings. The Morgan fingerprint density at radius 3 is 2.06 bits per heavy atom. The summed E-state index contributed by atoms with van der Waals surface area (Å²) in [5.74, 6) is -3.16. The lowest BCUT2D eigenvalue weighted by molar-refractivity contribution is -0.161. The van der Waals surface area contributed by atoms with E-state index in [4.69, 9.17) is 24.1 Å². The van der Waals surface area contributed by atoms with E-state index in [1.54, 1.807) is 33.3 Å². The first-order chi connectivity index (χ1) is 24.3. The number of fused-ring (bicyclic) bond motifs is 1. The van der Waals surface area contributed by atoms with Crippen LogP contribution in [-0.4, -0.2) is 99.8 Å². The van der Waals surface area contributed by atoms with E-state index in [-0.39, 0.29) is 30.9 Å². The third-order valence-corrected chi connectivity index (χ3v) is 8.74. The molecule has 0 radical (unpaired) electrons. The van der Waals surface area contributed by atoms with E-state index in [0.717, 1.165) is 48.9 Å². The minimum Gasteiger partial charge on any atom is -0.493 e. The fraction of sp³-hybridized carbons (Fsp3) is 0.605. The van der Waals surface area contributed by atoms with Crippen LogP contribution in [0.5, 0.6) is 23.0 Å². The van der Waals surface area contributed by atoms with Crippen LogP contribution in [0.3, 0.4) is 0 Å². The standard InChI is InChI=1S/C35H53N3O6.C3H4F2O2/c1-7-9-10-11-12-13-18-37(34(39)24-36-17-8-2)25-35(40)38-19-16-27-22-32(43-5)33(44-6)23-28(27)29(38)20-26-14-15-30(41-3)31(21-26)42-4;1-3(4,5)2(6)7/h14-15,21-23,29,36H,7-13,16-20,24-25H2,1-6H3;1H3,(H,6,7). The van der Waals surface area contributed by atoms with Crippen molar-refractivity contribution < 1.29 is 47.2 Å². The molecule has 13 heteroatoms. The summed E-state index contributed by atoms with van der Waals surface area (Å²) in [7, 11) is 6.49. The lowest BCUT2D eigenvalue weighted by Gasteiger charge is -2.39. The average molecular weight is 722 g/mol. The Bertz CT molecular complexity index is 1400.